The summed E-state index contributed by atoms with van der Waals surface area (Å²) in [5, 5.41) is 0. The first-order valence-electron chi connectivity index (χ1n) is 20.1. The van der Waals surface area contributed by atoms with E-state index in [1.54, 1.807) is 0 Å². The molecule has 0 amide bonds. The van der Waals surface area contributed by atoms with Crippen LogP contribution in [0.2, 0.25) is 0 Å². The highest BCUT2D eigenvalue weighted by atomic mass is 16.5. The number of nitrogens with zero attached hydrogens (tertiary/aromatic N) is 3. The summed E-state index contributed by atoms with van der Waals surface area (Å²) >= 11 is 0. The molecule has 1 spiro atoms. The average Bonchev–Trinajstić information content (AvgIpc) is 3.31. The van der Waals surface area contributed by atoms with Gasteiger partial charge in [0, 0.05) is 45.8 Å². The van der Waals surface area contributed by atoms with Gasteiger partial charge in [0.1, 0.15) is 17.7 Å². The second-order valence-corrected chi connectivity index (χ2v) is 16.0. The van der Waals surface area contributed by atoms with Gasteiger partial charge in [-0.1, -0.05) is 122 Å². The van der Waals surface area contributed by atoms with Gasteiger partial charge < -0.3 is 10.5 Å². The molecule has 6 unspecified atom stereocenters. The van der Waals surface area contributed by atoms with Crippen LogP contribution in [0, 0.1) is 25.7 Å². The van der Waals surface area contributed by atoms with Gasteiger partial charge in [-0.25, -0.2) is 4.99 Å². The van der Waals surface area contributed by atoms with E-state index in [4.69, 9.17) is 20.5 Å². The number of ether oxygens (including phenoxy) is 1. The van der Waals surface area contributed by atoms with E-state index in [1.807, 2.05) is 37.3 Å². The molecule has 6 atom stereocenters. The van der Waals surface area contributed by atoms with E-state index >= 15 is 0 Å². The quantitative estimate of drug-likeness (QED) is 0.127. The highest BCUT2D eigenvalue weighted by Crippen LogP contribution is 2.66. The van der Waals surface area contributed by atoms with Crippen LogP contribution < -0.4 is 5.73 Å². The highest BCUT2D eigenvalue weighted by molar-refractivity contribution is 6.11. The molecule has 4 aromatic rings. The standard InChI is InChI=1S/C50H50N4O/c1-31-14-13-21-46-47(31)50(43-19-11-12-20-45(43)55-46)42-18-10-6-9-17-40(42)41-29-27-38(30-44(41)50)33(3)53-49(37-15-7-5-8-16-37)54-48(51)36-25-23-35(24-26-36)39-28-22-32(2)52-34(39)4/h5,7-9,11-13,15-17,19,21-31,33,40,42,45H,6,10,14,18,20H2,1-4H3,(H2,51,53,54). The van der Waals surface area contributed by atoms with E-state index in [0.29, 0.717) is 29.4 Å². The molecule has 0 bridgehead atoms. The number of hydrogen-bond acceptors (Lipinski definition) is 3. The maximum atomic E-state index is 6.87. The van der Waals surface area contributed by atoms with Crippen LogP contribution in [0.4, 0.5) is 0 Å². The molecule has 0 saturated carbocycles. The van der Waals surface area contributed by atoms with Crippen LogP contribution in [-0.2, 0) is 10.2 Å². The van der Waals surface area contributed by atoms with Crippen LogP contribution in [0.5, 0.6) is 0 Å². The van der Waals surface area contributed by atoms with Crippen molar-refractivity contribution in [2.75, 3.05) is 0 Å². The Balaban J connectivity index is 1.14. The predicted molar refractivity (Wildman–Crippen MR) is 225 cm³/mol. The number of rotatable bonds is 5. The summed E-state index contributed by atoms with van der Waals surface area (Å²) in [5.41, 5.74) is 19.6. The summed E-state index contributed by atoms with van der Waals surface area (Å²) in [4.78, 5) is 15.1. The van der Waals surface area contributed by atoms with Gasteiger partial charge in [0.2, 0.25) is 0 Å². The first-order chi connectivity index (χ1) is 26.8. The Kier molecular flexibility index (Phi) is 9.12. The van der Waals surface area contributed by atoms with E-state index in [9.17, 15) is 0 Å². The van der Waals surface area contributed by atoms with Crippen molar-refractivity contribution in [2.24, 2.45) is 27.6 Å². The zero-order chi connectivity index (χ0) is 37.7. The molecule has 276 valence electrons. The molecular weight excluding hydrogens is 673 g/mol. The highest BCUT2D eigenvalue weighted by Gasteiger charge is 2.60. The lowest BCUT2D eigenvalue weighted by molar-refractivity contribution is 0.0997. The molecule has 55 heavy (non-hydrogen) atoms. The third-order valence-electron chi connectivity index (χ3n) is 12.6. The third kappa shape index (κ3) is 6.05. The van der Waals surface area contributed by atoms with Gasteiger partial charge in [0.15, 0.2) is 5.84 Å². The second kappa shape index (κ2) is 14.3. The largest absolute Gasteiger partial charge is 0.486 e. The summed E-state index contributed by atoms with van der Waals surface area (Å²) in [6, 6.07) is 29.7. The monoisotopic (exact) mass is 722 g/mol. The fraction of sp³-hybridized carbons (Fsp3) is 0.300. The van der Waals surface area contributed by atoms with Gasteiger partial charge in [-0.15, -0.1) is 0 Å². The first-order valence-corrected chi connectivity index (χ1v) is 20.1. The summed E-state index contributed by atoms with van der Waals surface area (Å²) in [6.45, 7) is 8.66. The van der Waals surface area contributed by atoms with E-state index in [0.717, 1.165) is 58.7 Å². The minimum atomic E-state index is -0.217. The molecule has 5 nitrogen and oxygen atoms in total. The third-order valence-corrected chi connectivity index (χ3v) is 12.6. The Morgan fingerprint density at radius 3 is 2.58 bits per heavy atom. The Labute approximate surface area is 325 Å². The predicted octanol–water partition coefficient (Wildman–Crippen LogP) is 11.1. The van der Waals surface area contributed by atoms with Gasteiger partial charge in [-0.05, 0) is 104 Å². The molecule has 5 aliphatic rings. The van der Waals surface area contributed by atoms with E-state index < -0.39 is 0 Å². The molecule has 0 fully saturated rings. The van der Waals surface area contributed by atoms with Crippen molar-refractivity contribution in [3.05, 3.63) is 184 Å². The molecule has 0 radical (unpaired) electrons. The zero-order valence-electron chi connectivity index (χ0n) is 32.4. The molecule has 9 rings (SSSR count). The Bertz CT molecular complexity index is 2360. The summed E-state index contributed by atoms with van der Waals surface area (Å²) in [7, 11) is 0. The molecule has 0 saturated heterocycles. The first kappa shape index (κ1) is 35.2. The molecule has 5 heteroatoms. The minimum absolute atomic E-state index is 0.0466. The van der Waals surface area contributed by atoms with Crippen molar-refractivity contribution in [3.8, 4) is 11.1 Å². The van der Waals surface area contributed by atoms with Crippen LogP contribution >= 0.6 is 0 Å². The number of nitrogens with two attached hydrogens (primary N) is 1. The number of hydrogen-bond donors (Lipinski definition) is 1. The molecule has 2 N–H and O–H groups in total. The van der Waals surface area contributed by atoms with Crippen LogP contribution in [0.25, 0.3) is 11.1 Å². The van der Waals surface area contributed by atoms with Crippen LogP contribution in [0.3, 0.4) is 0 Å². The van der Waals surface area contributed by atoms with E-state index in [2.05, 4.69) is 123 Å². The van der Waals surface area contributed by atoms with Gasteiger partial charge >= 0.3 is 0 Å². The number of aryl methyl sites for hydroxylation is 2. The normalized spacial score (nSPS) is 26.1. The number of aromatic nitrogens is 1. The van der Waals surface area contributed by atoms with Crippen LogP contribution in [-0.4, -0.2) is 22.8 Å². The molecule has 1 aromatic heterocycles. The van der Waals surface area contributed by atoms with E-state index in [1.165, 1.54) is 40.7 Å². The molecule has 3 aromatic carbocycles. The summed E-state index contributed by atoms with van der Waals surface area (Å²) < 4.78 is 6.87. The maximum absolute atomic E-state index is 6.87. The smallest absolute Gasteiger partial charge is 0.157 e. The van der Waals surface area contributed by atoms with Crippen molar-refractivity contribution in [3.63, 3.8) is 0 Å². The Morgan fingerprint density at radius 1 is 0.927 bits per heavy atom. The van der Waals surface area contributed by atoms with Crippen molar-refractivity contribution in [1.29, 1.82) is 0 Å². The lowest BCUT2D eigenvalue weighted by Crippen LogP contribution is -2.48. The lowest BCUT2D eigenvalue weighted by atomic mass is 9.55. The number of benzene rings is 3. The average molecular weight is 723 g/mol. The SMILES string of the molecule is Cc1ccc(-c2ccc(C(N)=NC(=NC(C)c3ccc4c(c3)C3(C5=CC=CCC5OC5=C3C(C)CC=C5)C3CCCC=CC43)c3ccccc3)cc2)c(C)n1. The number of allylic oxidation sites excluding steroid dienone is 7. The number of fused-ring (bicyclic) bond motifs is 8. The summed E-state index contributed by atoms with van der Waals surface area (Å²) in [5.74, 6) is 3.36. The Morgan fingerprint density at radius 2 is 1.76 bits per heavy atom. The lowest BCUT2D eigenvalue weighted by Gasteiger charge is -2.51. The van der Waals surface area contributed by atoms with Crippen molar-refractivity contribution >= 4 is 11.7 Å². The molecule has 2 heterocycles. The topological polar surface area (TPSA) is 72.9 Å². The van der Waals surface area contributed by atoms with E-state index in [-0.39, 0.29) is 17.6 Å². The number of amidine groups is 2. The Hall–Kier alpha value is -5.55. The van der Waals surface area contributed by atoms with Gasteiger partial charge in [-0.2, -0.15) is 0 Å². The minimum Gasteiger partial charge on any atom is -0.486 e. The van der Waals surface area contributed by atoms with Crippen molar-refractivity contribution in [1.82, 2.24) is 4.98 Å². The molecule has 1 aliphatic heterocycles. The van der Waals surface area contributed by atoms with Gasteiger partial charge in [0.05, 0.1) is 6.04 Å². The fourth-order valence-electron chi connectivity index (χ4n) is 10.1. The van der Waals surface area contributed by atoms with Crippen LogP contribution in [0.15, 0.2) is 154 Å². The van der Waals surface area contributed by atoms with Crippen molar-refractivity contribution in [2.45, 2.75) is 83.3 Å². The van der Waals surface area contributed by atoms with Crippen molar-refractivity contribution < 1.29 is 4.74 Å². The summed E-state index contributed by atoms with van der Waals surface area (Å²) in [6.07, 6.45) is 22.0. The van der Waals surface area contributed by atoms with Gasteiger partial charge in [-0.3, -0.25) is 9.98 Å². The number of aliphatic imine (C=N–C) groups is 2. The zero-order valence-corrected chi connectivity index (χ0v) is 32.4. The van der Waals surface area contributed by atoms with Crippen LogP contribution in [0.1, 0.15) is 97.1 Å². The maximum Gasteiger partial charge on any atom is 0.157 e. The second-order valence-electron chi connectivity index (χ2n) is 16.0. The fourth-order valence-corrected chi connectivity index (χ4v) is 10.1. The molecular formula is C50H50N4O. The van der Waals surface area contributed by atoms with Gasteiger partial charge in [0.25, 0.3) is 0 Å². The molecule has 4 aliphatic carbocycles. The number of pyridine rings is 1.